The van der Waals surface area contributed by atoms with E-state index in [2.05, 4.69) is 22.5 Å². The topological polar surface area (TPSA) is 38.9 Å². The number of hydrogen-bond acceptors (Lipinski definition) is 4. The van der Waals surface area contributed by atoms with Crippen molar-refractivity contribution in [2.45, 2.75) is 0 Å². The van der Waals surface area contributed by atoms with Gasteiger partial charge in [0.1, 0.15) is 4.83 Å². The maximum Gasteiger partial charge on any atom is 0.125 e. The Hall–Kier alpha value is -1.39. The maximum absolute atomic E-state index is 5.87. The van der Waals surface area contributed by atoms with Crippen LogP contribution in [-0.2, 0) is 0 Å². The average Bonchev–Trinajstić information content (AvgIpc) is 2.88. The number of nitrogens with two attached hydrogens (primary N) is 1. The first-order valence-electron chi connectivity index (χ1n) is 4.51. The van der Waals surface area contributed by atoms with Gasteiger partial charge in [-0.1, -0.05) is 6.07 Å². The van der Waals surface area contributed by atoms with Crippen LogP contribution >= 0.6 is 22.7 Å². The van der Waals surface area contributed by atoms with E-state index in [-0.39, 0.29) is 0 Å². The van der Waals surface area contributed by atoms with E-state index in [1.807, 2.05) is 17.6 Å². The van der Waals surface area contributed by atoms with Gasteiger partial charge in [-0.15, -0.1) is 22.7 Å². The number of thiophene rings is 2. The Balaban J connectivity index is 2.25. The van der Waals surface area contributed by atoms with Crippen molar-refractivity contribution < 1.29 is 0 Å². The molecule has 0 aromatic carbocycles. The standard InChI is InChI=1S/C11H8N2S2/c12-9-6-15-11-8(9)4-7(5-13-11)10-2-1-3-14-10/h1-6H,12H2. The lowest BCUT2D eigenvalue weighted by Gasteiger charge is -1.97. The number of nitrogen functional groups attached to an aromatic ring is 1. The lowest BCUT2D eigenvalue weighted by molar-refractivity contribution is 1.45. The largest absolute Gasteiger partial charge is 0.398 e. The van der Waals surface area contributed by atoms with E-state index in [1.54, 1.807) is 22.7 Å². The highest BCUT2D eigenvalue weighted by atomic mass is 32.1. The third-order valence-electron chi connectivity index (χ3n) is 2.27. The molecule has 0 atom stereocenters. The Bertz CT molecular complexity index is 596. The number of aromatic nitrogens is 1. The smallest absolute Gasteiger partial charge is 0.125 e. The molecule has 15 heavy (non-hydrogen) atoms. The van der Waals surface area contributed by atoms with Crippen LogP contribution < -0.4 is 5.73 Å². The molecule has 0 amide bonds. The van der Waals surface area contributed by atoms with Crippen LogP contribution in [0.25, 0.3) is 20.7 Å². The van der Waals surface area contributed by atoms with Gasteiger partial charge >= 0.3 is 0 Å². The molecule has 0 radical (unpaired) electrons. The van der Waals surface area contributed by atoms with Crippen molar-refractivity contribution in [2.24, 2.45) is 0 Å². The minimum absolute atomic E-state index is 0.820. The van der Waals surface area contributed by atoms with Gasteiger partial charge in [-0.3, -0.25) is 0 Å². The van der Waals surface area contributed by atoms with E-state index < -0.39 is 0 Å². The molecule has 3 aromatic rings. The van der Waals surface area contributed by atoms with E-state index in [0.717, 1.165) is 21.5 Å². The van der Waals surface area contributed by atoms with Gasteiger partial charge in [0.2, 0.25) is 0 Å². The van der Waals surface area contributed by atoms with Gasteiger partial charge in [0.25, 0.3) is 0 Å². The molecule has 3 rings (SSSR count). The molecule has 0 spiro atoms. The summed E-state index contributed by atoms with van der Waals surface area (Å²) in [5, 5.41) is 5.07. The number of anilines is 1. The first-order chi connectivity index (χ1) is 7.34. The van der Waals surface area contributed by atoms with Crippen molar-refractivity contribution in [3.05, 3.63) is 35.2 Å². The zero-order valence-electron chi connectivity index (χ0n) is 7.81. The van der Waals surface area contributed by atoms with Crippen molar-refractivity contribution in [3.63, 3.8) is 0 Å². The lowest BCUT2D eigenvalue weighted by atomic mass is 10.2. The quantitative estimate of drug-likeness (QED) is 0.696. The molecule has 0 aliphatic rings. The molecular formula is C11H8N2S2. The second-order valence-corrected chi connectivity index (χ2v) is 5.05. The fraction of sp³-hybridized carbons (Fsp3) is 0. The van der Waals surface area contributed by atoms with Gasteiger partial charge in [-0.2, -0.15) is 0 Å². The Kier molecular flexibility index (Phi) is 1.97. The van der Waals surface area contributed by atoms with E-state index in [9.17, 15) is 0 Å². The minimum Gasteiger partial charge on any atom is -0.398 e. The summed E-state index contributed by atoms with van der Waals surface area (Å²) >= 11 is 3.30. The molecule has 2 nitrogen and oxygen atoms in total. The molecule has 0 fully saturated rings. The number of rotatable bonds is 1. The summed E-state index contributed by atoms with van der Waals surface area (Å²) in [6, 6.07) is 6.25. The third-order valence-corrected chi connectivity index (χ3v) is 4.10. The van der Waals surface area contributed by atoms with Crippen molar-refractivity contribution in [1.82, 2.24) is 4.98 Å². The van der Waals surface area contributed by atoms with Crippen molar-refractivity contribution >= 4 is 38.6 Å². The highest BCUT2D eigenvalue weighted by Gasteiger charge is 2.05. The fourth-order valence-electron chi connectivity index (χ4n) is 1.51. The summed E-state index contributed by atoms with van der Waals surface area (Å²) in [6.45, 7) is 0. The Morgan fingerprint density at radius 1 is 1.27 bits per heavy atom. The molecule has 0 aliphatic heterocycles. The molecule has 3 heterocycles. The SMILES string of the molecule is Nc1csc2ncc(-c3cccs3)cc12. The summed E-state index contributed by atoms with van der Waals surface area (Å²) in [7, 11) is 0. The second-order valence-electron chi connectivity index (χ2n) is 3.25. The van der Waals surface area contributed by atoms with Gasteiger partial charge in [-0.25, -0.2) is 4.98 Å². The Morgan fingerprint density at radius 3 is 3.00 bits per heavy atom. The summed E-state index contributed by atoms with van der Waals surface area (Å²) < 4.78 is 0. The van der Waals surface area contributed by atoms with Crippen molar-refractivity contribution in [3.8, 4) is 10.4 Å². The average molecular weight is 232 g/mol. The van der Waals surface area contributed by atoms with Crippen LogP contribution in [0.4, 0.5) is 5.69 Å². The lowest BCUT2D eigenvalue weighted by Crippen LogP contribution is -1.82. The molecule has 74 valence electrons. The molecule has 0 unspecified atom stereocenters. The first kappa shape index (κ1) is 8.88. The van der Waals surface area contributed by atoms with Crippen LogP contribution in [0.1, 0.15) is 0 Å². The van der Waals surface area contributed by atoms with Gasteiger partial charge in [0, 0.05) is 27.4 Å². The molecule has 2 N–H and O–H groups in total. The van der Waals surface area contributed by atoms with Gasteiger partial charge < -0.3 is 5.73 Å². The first-order valence-corrected chi connectivity index (χ1v) is 6.27. The number of hydrogen-bond donors (Lipinski definition) is 1. The molecule has 0 aliphatic carbocycles. The molecule has 4 heteroatoms. The number of fused-ring (bicyclic) bond motifs is 1. The van der Waals surface area contributed by atoms with Crippen LogP contribution in [0.5, 0.6) is 0 Å². The summed E-state index contributed by atoms with van der Waals surface area (Å²) in [6.07, 6.45) is 1.91. The molecule has 0 bridgehead atoms. The van der Waals surface area contributed by atoms with E-state index in [4.69, 9.17) is 5.73 Å². The molecule has 0 saturated carbocycles. The van der Waals surface area contributed by atoms with E-state index in [1.165, 1.54) is 4.88 Å². The van der Waals surface area contributed by atoms with Crippen LogP contribution in [0.2, 0.25) is 0 Å². The van der Waals surface area contributed by atoms with Crippen LogP contribution in [-0.4, -0.2) is 4.98 Å². The highest BCUT2D eigenvalue weighted by Crippen LogP contribution is 2.31. The predicted octanol–water partition coefficient (Wildman–Crippen LogP) is 3.61. The van der Waals surface area contributed by atoms with E-state index >= 15 is 0 Å². The zero-order valence-corrected chi connectivity index (χ0v) is 9.44. The van der Waals surface area contributed by atoms with Crippen LogP contribution in [0.15, 0.2) is 35.2 Å². The Labute approximate surface area is 95.0 Å². The zero-order chi connectivity index (χ0) is 10.3. The fourth-order valence-corrected chi connectivity index (χ4v) is 3.00. The second kappa shape index (κ2) is 3.32. The van der Waals surface area contributed by atoms with Gasteiger partial charge in [-0.05, 0) is 17.5 Å². The highest BCUT2D eigenvalue weighted by molar-refractivity contribution is 7.17. The minimum atomic E-state index is 0.820. The summed E-state index contributed by atoms with van der Waals surface area (Å²) in [5.74, 6) is 0. The van der Waals surface area contributed by atoms with E-state index in [0.29, 0.717) is 0 Å². The van der Waals surface area contributed by atoms with Gasteiger partial charge in [0.05, 0.1) is 5.69 Å². The molecular weight excluding hydrogens is 224 g/mol. The van der Waals surface area contributed by atoms with Gasteiger partial charge in [0.15, 0.2) is 0 Å². The predicted molar refractivity (Wildman–Crippen MR) is 67.3 cm³/mol. The normalized spacial score (nSPS) is 10.9. The van der Waals surface area contributed by atoms with Crippen LogP contribution in [0.3, 0.4) is 0 Å². The number of nitrogens with zero attached hydrogens (tertiary/aromatic N) is 1. The third kappa shape index (κ3) is 1.42. The molecule has 0 saturated heterocycles. The maximum atomic E-state index is 5.87. The Morgan fingerprint density at radius 2 is 2.20 bits per heavy atom. The van der Waals surface area contributed by atoms with Crippen molar-refractivity contribution in [1.29, 1.82) is 0 Å². The van der Waals surface area contributed by atoms with Crippen molar-refractivity contribution in [2.75, 3.05) is 5.73 Å². The monoisotopic (exact) mass is 232 g/mol. The van der Waals surface area contributed by atoms with Crippen LogP contribution in [0, 0.1) is 0 Å². The summed E-state index contributed by atoms with van der Waals surface area (Å²) in [5.41, 5.74) is 7.83. The number of pyridine rings is 1. The summed E-state index contributed by atoms with van der Waals surface area (Å²) in [4.78, 5) is 6.64. The molecule has 3 aromatic heterocycles.